The Balaban J connectivity index is 1.49. The van der Waals surface area contributed by atoms with Crippen molar-refractivity contribution >= 4 is 23.2 Å². The summed E-state index contributed by atoms with van der Waals surface area (Å²) in [5.41, 5.74) is 0. The van der Waals surface area contributed by atoms with E-state index in [4.69, 9.17) is 4.42 Å². The number of rotatable bonds is 5. The topological polar surface area (TPSA) is 71.3 Å². The van der Waals surface area contributed by atoms with Crippen LogP contribution in [-0.2, 0) is 6.54 Å². The zero-order valence-corrected chi connectivity index (χ0v) is 13.7. The van der Waals surface area contributed by atoms with Crippen molar-refractivity contribution in [1.29, 1.82) is 0 Å². The minimum Gasteiger partial charge on any atom is -0.461 e. The van der Waals surface area contributed by atoms with Gasteiger partial charge in [0, 0.05) is 10.9 Å². The van der Waals surface area contributed by atoms with Crippen molar-refractivity contribution in [3.8, 4) is 0 Å². The highest BCUT2D eigenvalue weighted by molar-refractivity contribution is 7.14. The molecule has 1 fully saturated rings. The Bertz CT molecular complexity index is 657. The average Bonchev–Trinajstić information content (AvgIpc) is 3.25. The molecule has 1 aliphatic rings. The Morgan fingerprint density at radius 2 is 2.00 bits per heavy atom. The van der Waals surface area contributed by atoms with Crippen LogP contribution in [0.4, 0.5) is 4.79 Å². The Hall–Kier alpha value is -2.08. The average molecular weight is 332 g/mol. The quantitative estimate of drug-likeness (QED) is 0.820. The van der Waals surface area contributed by atoms with Crippen molar-refractivity contribution in [3.05, 3.63) is 46.0 Å². The lowest BCUT2D eigenvalue weighted by atomic mass is 9.96. The predicted octanol–water partition coefficient (Wildman–Crippen LogP) is 3.70. The number of hydrogen-bond acceptors (Lipinski definition) is 4. The van der Waals surface area contributed by atoms with E-state index in [2.05, 4.69) is 10.6 Å². The molecule has 5 nitrogen and oxygen atoms in total. The number of carbonyl (C=O) groups excluding carboxylic acids is 2. The molecule has 0 aromatic carbocycles. The van der Waals surface area contributed by atoms with Gasteiger partial charge in [-0.05, 0) is 37.1 Å². The van der Waals surface area contributed by atoms with Gasteiger partial charge in [0.15, 0.2) is 5.76 Å². The number of urea groups is 1. The fourth-order valence-corrected chi connectivity index (χ4v) is 3.67. The molecular weight excluding hydrogens is 312 g/mol. The molecule has 0 aliphatic heterocycles. The number of carbonyl (C=O) groups is 2. The second kappa shape index (κ2) is 7.46. The minimum absolute atomic E-state index is 0.127. The third-order valence-corrected chi connectivity index (χ3v) is 5.08. The molecule has 0 bridgehead atoms. The molecule has 3 rings (SSSR count). The second-order valence-corrected chi connectivity index (χ2v) is 6.90. The highest BCUT2D eigenvalue weighted by atomic mass is 32.1. The molecule has 0 spiro atoms. The molecule has 1 saturated carbocycles. The van der Waals surface area contributed by atoms with E-state index in [1.165, 1.54) is 36.9 Å². The molecule has 6 heteroatoms. The first-order valence-electron chi connectivity index (χ1n) is 7.93. The van der Waals surface area contributed by atoms with Crippen molar-refractivity contribution in [1.82, 2.24) is 10.6 Å². The maximum absolute atomic E-state index is 12.1. The van der Waals surface area contributed by atoms with Crippen LogP contribution in [0.5, 0.6) is 0 Å². The molecule has 1 aliphatic carbocycles. The molecule has 122 valence electrons. The molecule has 0 unspecified atom stereocenters. The Kier molecular flexibility index (Phi) is 5.12. The fraction of sp³-hybridized carbons (Fsp3) is 0.412. The molecular formula is C17H20N2O3S. The van der Waals surface area contributed by atoms with Gasteiger partial charge in [0.05, 0.1) is 17.7 Å². The Morgan fingerprint density at radius 1 is 1.17 bits per heavy atom. The maximum atomic E-state index is 12.1. The van der Waals surface area contributed by atoms with E-state index < -0.39 is 0 Å². The molecule has 0 saturated heterocycles. The van der Waals surface area contributed by atoms with Crippen LogP contribution in [0, 0.1) is 0 Å². The van der Waals surface area contributed by atoms with Gasteiger partial charge in [-0.1, -0.05) is 19.3 Å². The van der Waals surface area contributed by atoms with Crippen molar-refractivity contribution in [3.63, 3.8) is 0 Å². The fourth-order valence-electron chi connectivity index (χ4n) is 2.77. The molecule has 2 aromatic rings. The standard InChI is InChI=1S/C17H20N2O3S/c20-16(14-7-4-10-22-14)15-9-8-13(23-15)11-18-17(21)19-12-5-2-1-3-6-12/h4,7-10,12H,1-3,5-6,11H2,(H2,18,19,21). The smallest absolute Gasteiger partial charge is 0.315 e. The second-order valence-electron chi connectivity index (χ2n) is 5.73. The largest absolute Gasteiger partial charge is 0.461 e. The van der Waals surface area contributed by atoms with E-state index >= 15 is 0 Å². The summed E-state index contributed by atoms with van der Waals surface area (Å²) in [6, 6.07) is 7.14. The van der Waals surface area contributed by atoms with Crippen molar-refractivity contribution in [2.45, 2.75) is 44.7 Å². The maximum Gasteiger partial charge on any atom is 0.315 e. The van der Waals surface area contributed by atoms with Gasteiger partial charge in [0.1, 0.15) is 0 Å². The number of ketones is 1. The summed E-state index contributed by atoms with van der Waals surface area (Å²) in [7, 11) is 0. The third kappa shape index (κ3) is 4.22. The van der Waals surface area contributed by atoms with Crippen molar-refractivity contribution in [2.75, 3.05) is 0 Å². The van der Waals surface area contributed by atoms with E-state index in [1.807, 2.05) is 6.07 Å². The van der Waals surface area contributed by atoms with Gasteiger partial charge in [-0.15, -0.1) is 11.3 Å². The third-order valence-electron chi connectivity index (χ3n) is 3.99. The van der Waals surface area contributed by atoms with Gasteiger partial charge in [-0.25, -0.2) is 4.79 Å². The van der Waals surface area contributed by atoms with Crippen LogP contribution in [0.3, 0.4) is 0 Å². The number of hydrogen-bond donors (Lipinski definition) is 2. The molecule has 2 N–H and O–H groups in total. The highest BCUT2D eigenvalue weighted by Gasteiger charge is 2.16. The lowest BCUT2D eigenvalue weighted by molar-refractivity contribution is 0.101. The number of amides is 2. The van der Waals surface area contributed by atoms with Gasteiger partial charge >= 0.3 is 6.03 Å². The first-order valence-corrected chi connectivity index (χ1v) is 8.75. The summed E-state index contributed by atoms with van der Waals surface area (Å²) >= 11 is 1.38. The van der Waals surface area contributed by atoms with E-state index in [1.54, 1.807) is 18.2 Å². The van der Waals surface area contributed by atoms with Crippen molar-refractivity contribution < 1.29 is 14.0 Å². The molecule has 23 heavy (non-hydrogen) atoms. The summed E-state index contributed by atoms with van der Waals surface area (Å²) in [5, 5.41) is 5.87. The van der Waals surface area contributed by atoms with Crippen LogP contribution >= 0.6 is 11.3 Å². The monoisotopic (exact) mass is 332 g/mol. The van der Waals surface area contributed by atoms with E-state index in [-0.39, 0.29) is 11.8 Å². The van der Waals surface area contributed by atoms with Gasteiger partial charge < -0.3 is 15.1 Å². The van der Waals surface area contributed by atoms with E-state index in [0.717, 1.165) is 17.7 Å². The van der Waals surface area contributed by atoms with E-state index in [9.17, 15) is 9.59 Å². The molecule has 0 atom stereocenters. The first kappa shape index (κ1) is 15.8. The number of furan rings is 1. The normalized spacial score (nSPS) is 15.3. The van der Waals surface area contributed by atoms with Gasteiger partial charge in [0.25, 0.3) is 0 Å². The lowest BCUT2D eigenvalue weighted by Crippen LogP contribution is -2.42. The van der Waals surface area contributed by atoms with Gasteiger partial charge in [-0.2, -0.15) is 0 Å². The summed E-state index contributed by atoms with van der Waals surface area (Å²) < 4.78 is 5.12. The minimum atomic E-state index is -0.135. The first-order chi connectivity index (χ1) is 11.2. The van der Waals surface area contributed by atoms with Crippen LogP contribution in [0.15, 0.2) is 34.9 Å². The number of nitrogens with one attached hydrogen (secondary N) is 2. The summed E-state index contributed by atoms with van der Waals surface area (Å²) in [5.74, 6) is 0.208. The summed E-state index contributed by atoms with van der Waals surface area (Å²) in [6.07, 6.45) is 7.26. The van der Waals surface area contributed by atoms with E-state index in [0.29, 0.717) is 23.2 Å². The van der Waals surface area contributed by atoms with Crippen LogP contribution in [0.1, 0.15) is 52.4 Å². The summed E-state index contributed by atoms with van der Waals surface area (Å²) in [6.45, 7) is 0.425. The molecule has 0 radical (unpaired) electrons. The Labute approximate surface area is 139 Å². The predicted molar refractivity (Wildman–Crippen MR) is 88.7 cm³/mol. The SMILES string of the molecule is O=C(NCc1ccc(C(=O)c2ccco2)s1)NC1CCCCC1. The van der Waals surface area contributed by atoms with Crippen LogP contribution in [0.2, 0.25) is 0 Å². The molecule has 2 aromatic heterocycles. The lowest BCUT2D eigenvalue weighted by Gasteiger charge is -2.22. The molecule has 2 heterocycles. The van der Waals surface area contributed by atoms with Crippen LogP contribution < -0.4 is 10.6 Å². The van der Waals surface area contributed by atoms with Crippen molar-refractivity contribution in [2.24, 2.45) is 0 Å². The zero-order chi connectivity index (χ0) is 16.1. The molecule has 2 amide bonds. The number of thiophene rings is 1. The van der Waals surface area contributed by atoms with Crippen LogP contribution in [0.25, 0.3) is 0 Å². The Morgan fingerprint density at radius 3 is 2.74 bits per heavy atom. The highest BCUT2D eigenvalue weighted by Crippen LogP contribution is 2.20. The summed E-state index contributed by atoms with van der Waals surface area (Å²) in [4.78, 5) is 25.6. The van der Waals surface area contributed by atoms with Gasteiger partial charge in [0.2, 0.25) is 5.78 Å². The van der Waals surface area contributed by atoms with Gasteiger partial charge in [-0.3, -0.25) is 4.79 Å². The zero-order valence-electron chi connectivity index (χ0n) is 12.8. The van der Waals surface area contributed by atoms with Crippen LogP contribution in [-0.4, -0.2) is 17.9 Å².